The highest BCUT2D eigenvalue weighted by Crippen LogP contribution is 2.40. The van der Waals surface area contributed by atoms with E-state index < -0.39 is 11.9 Å². The predicted octanol–water partition coefficient (Wildman–Crippen LogP) is 3.25. The van der Waals surface area contributed by atoms with Crippen LogP contribution in [-0.4, -0.2) is 40.4 Å². The van der Waals surface area contributed by atoms with E-state index in [4.69, 9.17) is 0 Å². The Balaban J connectivity index is 2.56. The van der Waals surface area contributed by atoms with Gasteiger partial charge in [-0.05, 0) is 13.2 Å². The van der Waals surface area contributed by atoms with E-state index in [-0.39, 0.29) is 10.9 Å². The average molecular weight is 316 g/mol. The molecule has 0 saturated heterocycles. The Labute approximate surface area is 125 Å². The van der Waals surface area contributed by atoms with Crippen molar-refractivity contribution in [1.29, 1.82) is 0 Å². The van der Waals surface area contributed by atoms with Crippen LogP contribution in [0.4, 0.5) is 13.2 Å². The minimum absolute atomic E-state index is 0.105. The molecule has 0 amide bonds. The number of hydrogen-bond acceptors (Lipinski definition) is 4. The standard InChI is InChI=1S/C14H15F3N2OS/c1-9-4-6-10(7-5-9)11-8-13(20,14(15,16)17)19(2)12(18-11)21-3/h4-8,20H,1-3H3. The molecule has 2 rings (SSSR count). The van der Waals surface area contributed by atoms with Crippen molar-refractivity contribution >= 4 is 22.6 Å². The van der Waals surface area contributed by atoms with Crippen molar-refractivity contribution in [3.8, 4) is 0 Å². The smallest absolute Gasteiger partial charge is 0.360 e. The number of aliphatic hydroxyl groups is 1. The third-order valence-electron chi connectivity index (χ3n) is 3.30. The summed E-state index contributed by atoms with van der Waals surface area (Å²) in [6.07, 6.45) is -2.46. The zero-order chi connectivity index (χ0) is 15.8. The Bertz CT molecular complexity index is 595. The third-order valence-corrected chi connectivity index (χ3v) is 4.03. The van der Waals surface area contributed by atoms with E-state index >= 15 is 0 Å². The summed E-state index contributed by atoms with van der Waals surface area (Å²) in [4.78, 5) is 4.93. The van der Waals surface area contributed by atoms with Crippen molar-refractivity contribution in [1.82, 2.24) is 4.90 Å². The van der Waals surface area contributed by atoms with E-state index in [1.54, 1.807) is 30.5 Å². The van der Waals surface area contributed by atoms with Crippen LogP contribution in [0.3, 0.4) is 0 Å². The summed E-state index contributed by atoms with van der Waals surface area (Å²) < 4.78 is 39.7. The highest BCUT2D eigenvalue weighted by molar-refractivity contribution is 8.13. The van der Waals surface area contributed by atoms with Gasteiger partial charge < -0.3 is 10.0 Å². The molecule has 1 aromatic carbocycles. The summed E-state index contributed by atoms with van der Waals surface area (Å²) in [5.74, 6) is 0. The summed E-state index contributed by atoms with van der Waals surface area (Å²) in [6.45, 7) is 1.88. The van der Waals surface area contributed by atoms with Crippen molar-refractivity contribution in [2.24, 2.45) is 4.99 Å². The van der Waals surface area contributed by atoms with Crippen molar-refractivity contribution in [3.05, 3.63) is 41.5 Å². The molecule has 1 aromatic rings. The fourth-order valence-corrected chi connectivity index (χ4v) is 2.57. The first-order valence-electron chi connectivity index (χ1n) is 6.14. The van der Waals surface area contributed by atoms with Crippen LogP contribution >= 0.6 is 11.8 Å². The summed E-state index contributed by atoms with van der Waals surface area (Å²) in [7, 11) is 1.17. The third kappa shape index (κ3) is 2.80. The van der Waals surface area contributed by atoms with Crippen LogP contribution in [0.5, 0.6) is 0 Å². The molecule has 0 aromatic heterocycles. The largest absolute Gasteiger partial charge is 0.440 e. The Morgan fingerprint density at radius 1 is 1.24 bits per heavy atom. The van der Waals surface area contributed by atoms with Crippen molar-refractivity contribution < 1.29 is 18.3 Å². The maximum Gasteiger partial charge on any atom is 0.440 e. The Morgan fingerprint density at radius 2 is 1.81 bits per heavy atom. The topological polar surface area (TPSA) is 35.8 Å². The molecule has 1 heterocycles. The molecule has 0 saturated carbocycles. The van der Waals surface area contributed by atoms with Crippen LogP contribution in [0.25, 0.3) is 5.70 Å². The quantitative estimate of drug-likeness (QED) is 0.864. The molecule has 0 fully saturated rings. The normalized spacial score (nSPS) is 22.9. The number of benzene rings is 1. The second-order valence-corrected chi connectivity index (χ2v) is 5.55. The van der Waals surface area contributed by atoms with Gasteiger partial charge in [-0.3, -0.25) is 0 Å². The van der Waals surface area contributed by atoms with Gasteiger partial charge >= 0.3 is 6.18 Å². The highest BCUT2D eigenvalue weighted by atomic mass is 32.2. The van der Waals surface area contributed by atoms with Gasteiger partial charge in [0.25, 0.3) is 5.72 Å². The van der Waals surface area contributed by atoms with Gasteiger partial charge in [-0.25, -0.2) is 4.99 Å². The molecule has 1 atom stereocenters. The fraction of sp³-hybridized carbons (Fsp3) is 0.357. The lowest BCUT2D eigenvalue weighted by Crippen LogP contribution is -2.58. The van der Waals surface area contributed by atoms with E-state index in [0.717, 1.165) is 28.3 Å². The summed E-state index contributed by atoms with van der Waals surface area (Å²) in [6, 6.07) is 6.94. The zero-order valence-corrected chi connectivity index (χ0v) is 12.6. The number of alkyl halides is 3. The monoisotopic (exact) mass is 316 g/mol. The molecule has 0 radical (unpaired) electrons. The van der Waals surface area contributed by atoms with Crippen LogP contribution in [0.2, 0.25) is 0 Å². The van der Waals surface area contributed by atoms with Crippen LogP contribution in [-0.2, 0) is 0 Å². The molecule has 0 aliphatic carbocycles. The number of hydrogen-bond donors (Lipinski definition) is 1. The molecular formula is C14H15F3N2OS. The lowest BCUT2D eigenvalue weighted by atomic mass is 10.0. The molecule has 1 unspecified atom stereocenters. The van der Waals surface area contributed by atoms with Gasteiger partial charge in [0.15, 0.2) is 5.17 Å². The van der Waals surface area contributed by atoms with Crippen molar-refractivity contribution in [3.63, 3.8) is 0 Å². The van der Waals surface area contributed by atoms with E-state index in [1.807, 2.05) is 6.92 Å². The molecule has 0 spiro atoms. The molecule has 0 bridgehead atoms. The molecule has 21 heavy (non-hydrogen) atoms. The summed E-state index contributed by atoms with van der Waals surface area (Å²) >= 11 is 1.05. The van der Waals surface area contributed by atoms with E-state index in [2.05, 4.69) is 4.99 Å². The average Bonchev–Trinajstić information content (AvgIpc) is 2.41. The molecule has 1 aliphatic rings. The number of aryl methyl sites for hydroxylation is 1. The van der Waals surface area contributed by atoms with E-state index in [0.29, 0.717) is 5.56 Å². The number of likely N-dealkylation sites (N-methyl/N-ethyl adjacent to an activating group) is 1. The van der Waals surface area contributed by atoms with Gasteiger partial charge in [0.2, 0.25) is 0 Å². The molecule has 114 valence electrons. The van der Waals surface area contributed by atoms with Gasteiger partial charge in [-0.2, -0.15) is 13.2 Å². The molecule has 7 heteroatoms. The highest BCUT2D eigenvalue weighted by Gasteiger charge is 2.57. The van der Waals surface area contributed by atoms with E-state index in [1.165, 1.54) is 7.05 Å². The van der Waals surface area contributed by atoms with Gasteiger partial charge in [-0.1, -0.05) is 41.6 Å². The SMILES string of the molecule is CSC1=NC(c2ccc(C)cc2)=CC(O)(C(F)(F)F)N1C. The first kappa shape index (κ1) is 15.9. The number of amidine groups is 1. The van der Waals surface area contributed by atoms with Gasteiger partial charge in [0, 0.05) is 18.7 Å². The maximum atomic E-state index is 13.2. The van der Waals surface area contributed by atoms with Crippen LogP contribution in [0.15, 0.2) is 35.3 Å². The lowest BCUT2D eigenvalue weighted by molar-refractivity contribution is -0.275. The first-order valence-corrected chi connectivity index (χ1v) is 7.37. The fourth-order valence-electron chi connectivity index (χ4n) is 1.97. The number of halogens is 3. The number of thioether (sulfide) groups is 1. The second kappa shape index (κ2) is 5.38. The minimum atomic E-state index is -4.82. The van der Waals surface area contributed by atoms with E-state index in [9.17, 15) is 18.3 Å². The second-order valence-electron chi connectivity index (χ2n) is 4.78. The summed E-state index contributed by atoms with van der Waals surface area (Å²) in [5, 5.41) is 10.2. The zero-order valence-electron chi connectivity index (χ0n) is 11.8. The van der Waals surface area contributed by atoms with Crippen molar-refractivity contribution in [2.45, 2.75) is 18.8 Å². The van der Waals surface area contributed by atoms with Gasteiger partial charge in [-0.15, -0.1) is 0 Å². The molecule has 3 nitrogen and oxygen atoms in total. The molecule has 1 N–H and O–H groups in total. The maximum absolute atomic E-state index is 13.2. The van der Waals surface area contributed by atoms with Gasteiger partial charge in [0.1, 0.15) is 0 Å². The van der Waals surface area contributed by atoms with Gasteiger partial charge in [0.05, 0.1) is 5.70 Å². The summed E-state index contributed by atoms with van der Waals surface area (Å²) in [5.41, 5.74) is -1.43. The Kier molecular flexibility index (Phi) is 4.08. The van der Waals surface area contributed by atoms with Crippen molar-refractivity contribution in [2.75, 3.05) is 13.3 Å². The number of aliphatic imine (C=N–C) groups is 1. The number of rotatable bonds is 1. The van der Waals surface area contributed by atoms with Crippen LogP contribution < -0.4 is 0 Å². The molecule has 1 aliphatic heterocycles. The first-order chi connectivity index (χ1) is 9.69. The molecular weight excluding hydrogens is 301 g/mol. The number of nitrogens with zero attached hydrogens (tertiary/aromatic N) is 2. The lowest BCUT2D eigenvalue weighted by Gasteiger charge is -2.40. The minimum Gasteiger partial charge on any atom is -0.360 e. The predicted molar refractivity (Wildman–Crippen MR) is 78.9 cm³/mol. The van der Waals surface area contributed by atoms with Crippen LogP contribution in [0, 0.1) is 6.92 Å². The Morgan fingerprint density at radius 3 is 2.29 bits per heavy atom. The van der Waals surface area contributed by atoms with Crippen LogP contribution in [0.1, 0.15) is 11.1 Å². The Hall–Kier alpha value is -1.47.